The number of ether oxygens (including phenoxy) is 5. The first kappa shape index (κ1) is 20.3. The topological polar surface area (TPSA) is 161 Å². The Morgan fingerprint density at radius 3 is 2.59 bits per heavy atom. The Hall–Kier alpha value is -2.02. The summed E-state index contributed by atoms with van der Waals surface area (Å²) in [6.45, 7) is 0.602. The van der Waals surface area contributed by atoms with E-state index in [0.717, 1.165) is 0 Å². The molecule has 0 radical (unpaired) electrons. The van der Waals surface area contributed by atoms with E-state index >= 15 is 0 Å². The van der Waals surface area contributed by atoms with E-state index in [1.165, 1.54) is 13.2 Å². The van der Waals surface area contributed by atoms with Crippen molar-refractivity contribution in [2.45, 2.75) is 50.0 Å². The predicted molar refractivity (Wildman–Crippen MR) is 89.4 cm³/mol. The minimum absolute atomic E-state index is 0.0598. The molecule has 0 amide bonds. The lowest BCUT2D eigenvalue weighted by molar-refractivity contribution is -0.339. The lowest BCUT2D eigenvalue weighted by Crippen LogP contribution is -2.60. The Bertz CT molecular complexity index is 744. The molecule has 4 N–H and O–H groups in total. The first-order valence-electron chi connectivity index (χ1n) is 9.18. The first-order chi connectivity index (χ1) is 13.8. The maximum Gasteiger partial charge on any atom is 0.338 e. The van der Waals surface area contributed by atoms with Gasteiger partial charge in [0.2, 0.25) is 6.29 Å². The Morgan fingerprint density at radius 1 is 1.14 bits per heavy atom. The Kier molecular flexibility index (Phi) is 5.36. The van der Waals surface area contributed by atoms with Crippen LogP contribution >= 0.6 is 0 Å². The predicted octanol–water partition coefficient (Wildman–Crippen LogP) is -2.30. The number of aliphatic hydroxyl groups is 4. The minimum Gasteiger partial charge on any atom is -0.471 e. The lowest BCUT2D eigenvalue weighted by atomic mass is 9.84. The standard InChI is InChI=1S/C18H22O11/c1-6(20)25-4-7-2-9-12-8(16(24)27-9)5-26-17(11(7)12)29-18-15(23)14(22)13(21)10(3-19)28-18/h2,5,9-15,17-19,21-23H,3-4H2,1H3/t9-,10-,11-,12+,13-,14+,15+,17+,18+/m1/s1. The van der Waals surface area contributed by atoms with Gasteiger partial charge in [0.25, 0.3) is 0 Å². The molecule has 0 spiro atoms. The summed E-state index contributed by atoms with van der Waals surface area (Å²) in [6.07, 6.45) is -6.03. The molecule has 0 saturated carbocycles. The quantitative estimate of drug-likeness (QED) is 0.283. The summed E-state index contributed by atoms with van der Waals surface area (Å²) in [4.78, 5) is 23.2. The summed E-state index contributed by atoms with van der Waals surface area (Å²) in [5.74, 6) is -1.99. The number of rotatable bonds is 5. The van der Waals surface area contributed by atoms with Gasteiger partial charge in [0.15, 0.2) is 6.29 Å². The molecule has 3 heterocycles. The fraction of sp³-hybridized carbons (Fsp3) is 0.667. The number of hydrogen-bond donors (Lipinski definition) is 4. The summed E-state index contributed by atoms with van der Waals surface area (Å²) in [5, 5.41) is 39.4. The highest BCUT2D eigenvalue weighted by Crippen LogP contribution is 2.49. The van der Waals surface area contributed by atoms with Crippen LogP contribution in [-0.4, -0.2) is 88.7 Å². The highest BCUT2D eigenvalue weighted by molar-refractivity contribution is 5.92. The van der Waals surface area contributed by atoms with Gasteiger partial charge in [-0.3, -0.25) is 4.79 Å². The molecule has 0 unspecified atom stereocenters. The van der Waals surface area contributed by atoms with Crippen molar-refractivity contribution in [2.24, 2.45) is 11.8 Å². The molecular formula is C18H22O11. The third kappa shape index (κ3) is 3.43. The third-order valence-corrected chi connectivity index (χ3v) is 5.57. The van der Waals surface area contributed by atoms with Crippen LogP contribution in [0, 0.1) is 11.8 Å². The summed E-state index contributed by atoms with van der Waals surface area (Å²) < 4.78 is 27.0. The van der Waals surface area contributed by atoms with Crippen LogP contribution in [0.4, 0.5) is 0 Å². The number of carbonyl (C=O) groups excluding carboxylic acids is 2. The van der Waals surface area contributed by atoms with Gasteiger partial charge >= 0.3 is 11.9 Å². The van der Waals surface area contributed by atoms with Crippen molar-refractivity contribution in [1.29, 1.82) is 0 Å². The van der Waals surface area contributed by atoms with E-state index in [9.17, 15) is 30.0 Å². The molecule has 3 aliphatic heterocycles. The van der Waals surface area contributed by atoms with Crippen LogP contribution in [0.1, 0.15) is 6.92 Å². The largest absolute Gasteiger partial charge is 0.471 e. The van der Waals surface area contributed by atoms with Gasteiger partial charge in [0, 0.05) is 12.8 Å². The van der Waals surface area contributed by atoms with Crippen molar-refractivity contribution in [1.82, 2.24) is 0 Å². The van der Waals surface area contributed by atoms with Crippen LogP contribution in [0.15, 0.2) is 23.5 Å². The maximum absolute atomic E-state index is 12.0. The third-order valence-electron chi connectivity index (χ3n) is 5.57. The van der Waals surface area contributed by atoms with Crippen LogP contribution in [-0.2, 0) is 33.3 Å². The van der Waals surface area contributed by atoms with Gasteiger partial charge in [-0.15, -0.1) is 0 Å². The second-order valence-corrected chi connectivity index (χ2v) is 7.35. The van der Waals surface area contributed by atoms with Gasteiger partial charge in [-0.25, -0.2) is 4.79 Å². The highest BCUT2D eigenvalue weighted by atomic mass is 16.8. The van der Waals surface area contributed by atoms with E-state index in [2.05, 4.69) is 0 Å². The van der Waals surface area contributed by atoms with Gasteiger partial charge in [0.05, 0.1) is 24.4 Å². The van der Waals surface area contributed by atoms with Gasteiger partial charge < -0.3 is 44.1 Å². The Balaban J connectivity index is 1.56. The molecule has 11 nitrogen and oxygen atoms in total. The fourth-order valence-electron chi connectivity index (χ4n) is 4.12. The van der Waals surface area contributed by atoms with E-state index < -0.39 is 73.5 Å². The molecule has 4 aliphatic rings. The van der Waals surface area contributed by atoms with E-state index in [0.29, 0.717) is 11.1 Å². The average molecular weight is 414 g/mol. The molecule has 0 bridgehead atoms. The van der Waals surface area contributed by atoms with E-state index in [1.807, 2.05) is 0 Å². The van der Waals surface area contributed by atoms with Gasteiger partial charge in [-0.05, 0) is 11.6 Å². The highest BCUT2D eigenvalue weighted by Gasteiger charge is 2.56. The Labute approximate surface area is 165 Å². The molecule has 2 fully saturated rings. The van der Waals surface area contributed by atoms with Crippen molar-refractivity contribution in [3.05, 3.63) is 23.5 Å². The van der Waals surface area contributed by atoms with Crippen LogP contribution in [0.25, 0.3) is 0 Å². The van der Waals surface area contributed by atoms with Crippen molar-refractivity contribution in [2.75, 3.05) is 13.2 Å². The fourth-order valence-corrected chi connectivity index (χ4v) is 4.12. The second-order valence-electron chi connectivity index (χ2n) is 7.35. The maximum atomic E-state index is 12.0. The van der Waals surface area contributed by atoms with Gasteiger partial charge in [-0.2, -0.15) is 0 Å². The molecule has 4 rings (SSSR count). The van der Waals surface area contributed by atoms with Crippen LogP contribution in [0.2, 0.25) is 0 Å². The molecule has 9 atom stereocenters. The smallest absolute Gasteiger partial charge is 0.338 e. The van der Waals surface area contributed by atoms with Crippen LogP contribution in [0.5, 0.6) is 0 Å². The van der Waals surface area contributed by atoms with E-state index in [-0.39, 0.29) is 6.61 Å². The number of carbonyl (C=O) groups is 2. The zero-order valence-corrected chi connectivity index (χ0v) is 15.4. The molecule has 2 saturated heterocycles. The summed E-state index contributed by atoms with van der Waals surface area (Å²) in [5.41, 5.74) is 0.936. The summed E-state index contributed by atoms with van der Waals surface area (Å²) in [6, 6.07) is 0. The Morgan fingerprint density at radius 2 is 1.90 bits per heavy atom. The monoisotopic (exact) mass is 414 g/mol. The number of esters is 2. The molecule has 11 heteroatoms. The molecule has 160 valence electrons. The normalized spacial score (nSPS) is 43.1. The lowest BCUT2D eigenvalue weighted by Gasteiger charge is -2.42. The molecule has 0 aromatic carbocycles. The van der Waals surface area contributed by atoms with Crippen molar-refractivity contribution in [3.63, 3.8) is 0 Å². The van der Waals surface area contributed by atoms with Gasteiger partial charge in [-0.1, -0.05) is 0 Å². The molecule has 0 aromatic rings. The van der Waals surface area contributed by atoms with E-state index in [1.54, 1.807) is 6.08 Å². The summed E-state index contributed by atoms with van der Waals surface area (Å²) >= 11 is 0. The molecule has 1 aliphatic carbocycles. The second kappa shape index (κ2) is 7.67. The van der Waals surface area contributed by atoms with Crippen molar-refractivity contribution >= 4 is 11.9 Å². The SMILES string of the molecule is CC(=O)OCC1=C[C@H]2OC(=O)C3=CO[C@@H](O[C@@H]4O[C@H](CO)[C@@H](O)[C@H](O)[C@@H]4O)[C@H]1[C@@H]32. The van der Waals surface area contributed by atoms with E-state index in [4.69, 9.17) is 23.7 Å². The zero-order valence-electron chi connectivity index (χ0n) is 15.4. The van der Waals surface area contributed by atoms with Crippen molar-refractivity contribution < 1.29 is 53.7 Å². The van der Waals surface area contributed by atoms with Crippen molar-refractivity contribution in [3.8, 4) is 0 Å². The van der Waals surface area contributed by atoms with Gasteiger partial charge in [0.1, 0.15) is 37.1 Å². The summed E-state index contributed by atoms with van der Waals surface area (Å²) in [7, 11) is 0. The molecule has 29 heavy (non-hydrogen) atoms. The number of aliphatic hydroxyl groups excluding tert-OH is 4. The molecular weight excluding hydrogens is 392 g/mol. The first-order valence-corrected chi connectivity index (χ1v) is 9.18. The zero-order chi connectivity index (χ0) is 20.9. The molecule has 0 aromatic heterocycles. The minimum atomic E-state index is -1.61. The average Bonchev–Trinajstić information content (AvgIpc) is 3.20. The van der Waals surface area contributed by atoms with Crippen LogP contribution < -0.4 is 0 Å². The van der Waals surface area contributed by atoms with Crippen LogP contribution in [0.3, 0.4) is 0 Å². The number of hydrogen-bond acceptors (Lipinski definition) is 11.